The molecule has 6 heteroatoms. The Morgan fingerprint density at radius 2 is 2.05 bits per heavy atom. The predicted octanol–water partition coefficient (Wildman–Crippen LogP) is 3.01. The molecular weight excluding hydrogens is 304 g/mol. The monoisotopic (exact) mass is 318 g/mol. The molecule has 1 atom stereocenters. The molecule has 2 heterocycles. The Morgan fingerprint density at radius 1 is 1.29 bits per heavy atom. The molecule has 0 aliphatic carbocycles. The zero-order valence-electron chi connectivity index (χ0n) is 11.5. The smallest absolute Gasteiger partial charge is 0.265 e. The van der Waals surface area contributed by atoms with E-state index in [-0.39, 0.29) is 10.1 Å². The lowest BCUT2D eigenvalue weighted by Gasteiger charge is -2.33. The Labute approximate surface area is 128 Å². The van der Waals surface area contributed by atoms with Crippen LogP contribution in [0, 0.1) is 17.2 Å². The van der Waals surface area contributed by atoms with Gasteiger partial charge in [0.1, 0.15) is 15.2 Å². The van der Waals surface area contributed by atoms with E-state index in [1.54, 1.807) is 6.07 Å². The maximum Gasteiger partial charge on any atom is 0.273 e. The van der Waals surface area contributed by atoms with Crippen LogP contribution in [0.25, 0.3) is 0 Å². The van der Waals surface area contributed by atoms with Gasteiger partial charge in [-0.3, -0.25) is 4.31 Å². The zero-order chi connectivity index (χ0) is 15.0. The molecule has 108 valence electrons. The van der Waals surface area contributed by atoms with Crippen LogP contribution >= 0.6 is 11.3 Å². The molecule has 1 aliphatic rings. The summed E-state index contributed by atoms with van der Waals surface area (Å²) in [7, 11) is -3.60. The van der Waals surface area contributed by atoms with E-state index >= 15 is 0 Å². The highest BCUT2D eigenvalue weighted by atomic mass is 32.2. The largest absolute Gasteiger partial charge is 0.273 e. The molecule has 4 nitrogen and oxygen atoms in total. The van der Waals surface area contributed by atoms with E-state index in [2.05, 4.69) is 0 Å². The molecule has 0 saturated heterocycles. The second-order valence-electron chi connectivity index (χ2n) is 5.20. The normalized spacial score (nSPS) is 18.1. The van der Waals surface area contributed by atoms with Gasteiger partial charge < -0.3 is 0 Å². The summed E-state index contributed by atoms with van der Waals surface area (Å²) in [6.07, 6.45) is 0.885. The maximum atomic E-state index is 12.9. The summed E-state index contributed by atoms with van der Waals surface area (Å²) in [5, 5.41) is 8.88. The van der Waals surface area contributed by atoms with Gasteiger partial charge in [0.25, 0.3) is 10.0 Å². The maximum absolute atomic E-state index is 12.9. The number of nitriles is 1. The molecule has 1 aromatic heterocycles. The van der Waals surface area contributed by atoms with Crippen LogP contribution in [0.3, 0.4) is 0 Å². The minimum Gasteiger partial charge on any atom is -0.265 e. The van der Waals surface area contributed by atoms with E-state index in [1.807, 2.05) is 37.3 Å². The van der Waals surface area contributed by atoms with E-state index in [9.17, 15) is 8.42 Å². The van der Waals surface area contributed by atoms with Crippen LogP contribution in [0.15, 0.2) is 40.6 Å². The van der Waals surface area contributed by atoms with Gasteiger partial charge in [-0.25, -0.2) is 8.42 Å². The van der Waals surface area contributed by atoms with Gasteiger partial charge in [0.05, 0.1) is 5.69 Å². The zero-order valence-corrected chi connectivity index (χ0v) is 13.1. The number of hydrogen-bond donors (Lipinski definition) is 0. The molecular formula is C15H14N2O2S2. The lowest BCUT2D eigenvalue weighted by Crippen LogP contribution is -2.38. The second-order valence-corrected chi connectivity index (χ2v) is 8.38. The van der Waals surface area contributed by atoms with Gasteiger partial charge >= 0.3 is 0 Å². The molecule has 0 bridgehead atoms. The number of nitrogens with zero attached hydrogens (tertiary/aromatic N) is 2. The van der Waals surface area contributed by atoms with Gasteiger partial charge in [0.15, 0.2) is 0 Å². The first kappa shape index (κ1) is 14.1. The van der Waals surface area contributed by atoms with Gasteiger partial charge in [-0.2, -0.15) is 5.26 Å². The van der Waals surface area contributed by atoms with E-state index in [4.69, 9.17) is 5.26 Å². The van der Waals surface area contributed by atoms with E-state index in [0.29, 0.717) is 11.4 Å². The predicted molar refractivity (Wildman–Crippen MR) is 82.9 cm³/mol. The summed E-state index contributed by atoms with van der Waals surface area (Å²) < 4.78 is 27.4. The van der Waals surface area contributed by atoms with Crippen molar-refractivity contribution in [3.63, 3.8) is 0 Å². The number of hydrogen-bond acceptors (Lipinski definition) is 4. The topological polar surface area (TPSA) is 61.2 Å². The summed E-state index contributed by atoms with van der Waals surface area (Å²) >= 11 is 1.02. The third kappa shape index (κ3) is 2.43. The summed E-state index contributed by atoms with van der Waals surface area (Å²) in [6, 6.07) is 12.7. The molecule has 1 unspecified atom stereocenters. The highest BCUT2D eigenvalue weighted by Gasteiger charge is 2.32. The lowest BCUT2D eigenvalue weighted by atomic mass is 9.96. The Morgan fingerprint density at radius 3 is 2.76 bits per heavy atom. The minimum atomic E-state index is -3.60. The van der Waals surface area contributed by atoms with Crippen molar-refractivity contribution in [2.75, 3.05) is 10.8 Å². The lowest BCUT2D eigenvalue weighted by molar-refractivity contribution is 0.546. The molecule has 2 aromatic rings. The summed E-state index contributed by atoms with van der Waals surface area (Å²) in [5.41, 5.74) is 1.80. The standard InChI is InChI=1S/C15H14N2O2S2/c1-11-8-12-4-2-3-5-14(12)17(10-11)21(18,19)15-7-6-13(9-16)20-15/h2-7,11H,8,10H2,1H3. The summed E-state index contributed by atoms with van der Waals surface area (Å²) in [4.78, 5) is 0.409. The van der Waals surface area contributed by atoms with Crippen LogP contribution in [0.1, 0.15) is 17.4 Å². The van der Waals surface area contributed by atoms with Crippen LogP contribution in [0.2, 0.25) is 0 Å². The van der Waals surface area contributed by atoms with E-state index < -0.39 is 10.0 Å². The number of rotatable bonds is 2. The molecule has 0 fully saturated rings. The van der Waals surface area contributed by atoms with Crippen LogP contribution in [0.5, 0.6) is 0 Å². The Hall–Kier alpha value is -1.84. The van der Waals surface area contributed by atoms with Crippen molar-refractivity contribution < 1.29 is 8.42 Å². The SMILES string of the molecule is CC1Cc2ccccc2N(S(=O)(=O)c2ccc(C#N)s2)C1. The molecule has 1 aliphatic heterocycles. The first-order chi connectivity index (χ1) is 10.0. The van der Waals surface area contributed by atoms with Crippen molar-refractivity contribution in [1.82, 2.24) is 0 Å². The van der Waals surface area contributed by atoms with Gasteiger partial charge in [-0.05, 0) is 36.1 Å². The average molecular weight is 318 g/mol. The Balaban J connectivity index is 2.09. The van der Waals surface area contributed by atoms with Crippen LogP contribution in [-0.4, -0.2) is 15.0 Å². The van der Waals surface area contributed by atoms with Gasteiger partial charge in [0, 0.05) is 6.54 Å². The van der Waals surface area contributed by atoms with Gasteiger partial charge in [-0.1, -0.05) is 25.1 Å². The highest BCUT2D eigenvalue weighted by molar-refractivity contribution is 7.94. The van der Waals surface area contributed by atoms with Crippen molar-refractivity contribution in [3.8, 4) is 6.07 Å². The highest BCUT2D eigenvalue weighted by Crippen LogP contribution is 2.35. The first-order valence-electron chi connectivity index (χ1n) is 6.63. The van der Waals surface area contributed by atoms with Crippen molar-refractivity contribution in [2.24, 2.45) is 5.92 Å². The Bertz CT molecular complexity index is 818. The number of thiophene rings is 1. The van der Waals surface area contributed by atoms with Crippen LogP contribution < -0.4 is 4.31 Å². The number of benzene rings is 1. The Kier molecular flexibility index (Phi) is 3.47. The number of anilines is 1. The molecule has 3 rings (SSSR count). The number of sulfonamides is 1. The molecule has 0 amide bonds. The minimum absolute atomic E-state index is 0.225. The van der Waals surface area contributed by atoms with Gasteiger partial charge in [-0.15, -0.1) is 11.3 Å². The van der Waals surface area contributed by atoms with Crippen LogP contribution in [0.4, 0.5) is 5.69 Å². The molecule has 0 saturated carbocycles. The third-order valence-corrected chi connectivity index (χ3v) is 6.78. The molecule has 0 N–H and O–H groups in total. The van der Waals surface area contributed by atoms with E-state index in [1.165, 1.54) is 10.4 Å². The number of para-hydroxylation sites is 1. The summed E-state index contributed by atoms with van der Waals surface area (Å²) in [6.45, 7) is 2.52. The second kappa shape index (κ2) is 5.17. The molecule has 0 spiro atoms. The van der Waals surface area contributed by atoms with Crippen LogP contribution in [-0.2, 0) is 16.4 Å². The first-order valence-corrected chi connectivity index (χ1v) is 8.88. The third-order valence-electron chi connectivity index (χ3n) is 3.54. The van der Waals surface area contributed by atoms with Gasteiger partial charge in [0.2, 0.25) is 0 Å². The molecule has 0 radical (unpaired) electrons. The van der Waals surface area contributed by atoms with Crippen molar-refractivity contribution in [3.05, 3.63) is 46.8 Å². The van der Waals surface area contributed by atoms with Crippen molar-refractivity contribution in [1.29, 1.82) is 5.26 Å². The fourth-order valence-electron chi connectivity index (χ4n) is 2.60. The summed E-state index contributed by atoms with van der Waals surface area (Å²) in [5.74, 6) is 0.269. The molecule has 1 aromatic carbocycles. The molecule has 21 heavy (non-hydrogen) atoms. The quantitative estimate of drug-likeness (QED) is 0.855. The number of fused-ring (bicyclic) bond motifs is 1. The van der Waals surface area contributed by atoms with Crippen molar-refractivity contribution >= 4 is 27.0 Å². The fraction of sp³-hybridized carbons (Fsp3) is 0.267. The fourth-order valence-corrected chi connectivity index (χ4v) is 5.44. The van der Waals surface area contributed by atoms with Crippen molar-refractivity contribution in [2.45, 2.75) is 17.6 Å². The average Bonchev–Trinajstić information content (AvgIpc) is 2.96. The van der Waals surface area contributed by atoms with E-state index in [0.717, 1.165) is 29.0 Å².